The van der Waals surface area contributed by atoms with Gasteiger partial charge in [0.25, 0.3) is 0 Å². The highest BCUT2D eigenvalue weighted by Crippen LogP contribution is 2.41. The number of aliphatic hydroxyl groups excluding tert-OH is 2. The molecule has 4 aromatic rings. The molecule has 0 spiro atoms. The van der Waals surface area contributed by atoms with Crippen LogP contribution in [0.4, 0.5) is 5.82 Å². The normalized spacial score (nSPS) is 27.0. The smallest absolute Gasteiger partial charge is 0.165 e. The Labute approximate surface area is 241 Å². The van der Waals surface area contributed by atoms with Crippen LogP contribution in [0.3, 0.4) is 0 Å². The summed E-state index contributed by atoms with van der Waals surface area (Å²) in [5.74, 6) is 2.03. The van der Waals surface area contributed by atoms with E-state index in [0.717, 1.165) is 49.1 Å². The van der Waals surface area contributed by atoms with Crippen LogP contribution in [0.25, 0.3) is 22.2 Å². The predicted molar refractivity (Wildman–Crippen MR) is 160 cm³/mol. The maximum atomic E-state index is 11.1. The van der Waals surface area contributed by atoms with Crippen LogP contribution in [0.2, 0.25) is 0 Å². The van der Waals surface area contributed by atoms with E-state index in [4.69, 9.17) is 10.7 Å². The van der Waals surface area contributed by atoms with E-state index in [9.17, 15) is 10.2 Å². The fourth-order valence-electron chi connectivity index (χ4n) is 6.91. The zero-order valence-electron chi connectivity index (χ0n) is 24.8. The maximum Gasteiger partial charge on any atom is 0.165 e. The summed E-state index contributed by atoms with van der Waals surface area (Å²) >= 11 is 0. The Hall–Kier alpha value is -3.08. The zero-order valence-corrected chi connectivity index (χ0v) is 24.8. The van der Waals surface area contributed by atoms with Crippen molar-refractivity contribution >= 4 is 28.0 Å². The summed E-state index contributed by atoms with van der Waals surface area (Å²) in [6, 6.07) is 7.12. The number of nitrogens with zero attached hydrogens (tertiary/aromatic N) is 6. The Morgan fingerprint density at radius 2 is 1.88 bits per heavy atom. The molecule has 6 rings (SSSR count). The lowest BCUT2D eigenvalue weighted by molar-refractivity contribution is -0.0180. The van der Waals surface area contributed by atoms with Gasteiger partial charge in [0, 0.05) is 31.0 Å². The number of imidazole rings is 2. The fourth-order valence-corrected chi connectivity index (χ4v) is 6.91. The minimum Gasteiger partial charge on any atom is -0.390 e. The van der Waals surface area contributed by atoms with E-state index in [1.807, 2.05) is 4.57 Å². The van der Waals surface area contributed by atoms with E-state index in [0.29, 0.717) is 41.4 Å². The largest absolute Gasteiger partial charge is 0.390 e. The number of aromatic amines is 1. The molecule has 2 aliphatic carbocycles. The number of anilines is 1. The number of nitrogens with two attached hydrogens (primary N) is 1. The highest BCUT2D eigenvalue weighted by atomic mass is 16.3. The molecule has 0 amide bonds. The number of aryl methyl sites for hydroxylation is 1. The number of hydrogen-bond donors (Lipinski definition) is 4. The summed E-state index contributed by atoms with van der Waals surface area (Å²) in [5, 5.41) is 22.1. The van der Waals surface area contributed by atoms with E-state index in [1.54, 1.807) is 6.33 Å². The molecule has 41 heavy (non-hydrogen) atoms. The van der Waals surface area contributed by atoms with E-state index in [2.05, 4.69) is 77.7 Å². The van der Waals surface area contributed by atoms with Gasteiger partial charge in [0.1, 0.15) is 23.8 Å². The minimum atomic E-state index is -0.889. The molecule has 3 heterocycles. The lowest BCUT2D eigenvalue weighted by Crippen LogP contribution is -2.51. The first kappa shape index (κ1) is 28.1. The standard InChI is InChI=1S/C31H44N8O2/c1-17(2)38(14-19-12-24(28(41)27(19)40)39-16-35-26-29(32)33-15-34-30(26)39)21-10-18(11-21)6-9-25-36-22-8-7-20(31(3,4)5)13-23(22)37-25/h7-8,13,15-19,21,24,27-28,40-41H,6,9-12,14H2,1-5H3,(H,36,37)(H2,32,33,34)/t18?,19?,21?,24-,27-,28+/m1/s1. The van der Waals surface area contributed by atoms with Crippen LogP contribution in [-0.2, 0) is 11.8 Å². The number of aromatic nitrogens is 6. The second-order valence-corrected chi connectivity index (χ2v) is 13.6. The summed E-state index contributed by atoms with van der Waals surface area (Å²) in [6.45, 7) is 11.9. The van der Waals surface area contributed by atoms with Gasteiger partial charge in [0.05, 0.1) is 29.5 Å². The molecule has 2 saturated carbocycles. The van der Waals surface area contributed by atoms with Crippen LogP contribution in [0.5, 0.6) is 0 Å². The number of benzene rings is 1. The van der Waals surface area contributed by atoms with Gasteiger partial charge in [0.15, 0.2) is 11.5 Å². The predicted octanol–water partition coefficient (Wildman–Crippen LogP) is 3.99. The van der Waals surface area contributed by atoms with Crippen molar-refractivity contribution in [2.45, 2.75) is 102 Å². The summed E-state index contributed by atoms with van der Waals surface area (Å²) in [7, 11) is 0. The Balaban J connectivity index is 1.06. The first-order valence-corrected chi connectivity index (χ1v) is 15.0. The van der Waals surface area contributed by atoms with Crippen LogP contribution in [-0.4, -0.2) is 75.4 Å². The Morgan fingerprint density at radius 1 is 1.10 bits per heavy atom. The summed E-state index contributed by atoms with van der Waals surface area (Å²) < 4.78 is 1.85. The van der Waals surface area contributed by atoms with Gasteiger partial charge < -0.3 is 25.5 Å². The topological polar surface area (TPSA) is 142 Å². The van der Waals surface area contributed by atoms with E-state index in [1.165, 1.54) is 11.9 Å². The SMILES string of the molecule is CC(C)N(CC1C[C@@H](n2cnc3c(N)ncnc32)[C@H](O)[C@@H]1O)C1CC(CCc2nc3cc(C(C)(C)C)ccc3[nH]2)C1. The van der Waals surface area contributed by atoms with Crippen molar-refractivity contribution in [3.63, 3.8) is 0 Å². The molecule has 2 aliphatic rings. The number of fused-ring (bicyclic) bond motifs is 2. The van der Waals surface area contributed by atoms with Crippen molar-refractivity contribution in [1.29, 1.82) is 0 Å². The number of nitrogen functional groups attached to an aromatic ring is 1. The Morgan fingerprint density at radius 3 is 2.61 bits per heavy atom. The van der Waals surface area contributed by atoms with Gasteiger partial charge in [-0.25, -0.2) is 19.9 Å². The van der Waals surface area contributed by atoms with Crippen molar-refractivity contribution in [2.24, 2.45) is 11.8 Å². The maximum absolute atomic E-state index is 11.1. The Bertz CT molecular complexity index is 1520. The molecule has 1 unspecified atom stereocenters. The third-order valence-corrected chi connectivity index (χ3v) is 9.49. The van der Waals surface area contributed by atoms with Crippen molar-refractivity contribution in [2.75, 3.05) is 12.3 Å². The van der Waals surface area contributed by atoms with Gasteiger partial charge in [0.2, 0.25) is 0 Å². The van der Waals surface area contributed by atoms with Gasteiger partial charge >= 0.3 is 0 Å². The lowest BCUT2D eigenvalue weighted by Gasteiger charge is -2.46. The zero-order chi connectivity index (χ0) is 29.1. The number of H-pyrrole nitrogens is 1. The Kier molecular flexibility index (Phi) is 7.28. The third kappa shape index (κ3) is 5.33. The highest BCUT2D eigenvalue weighted by Gasteiger charge is 2.45. The second-order valence-electron chi connectivity index (χ2n) is 13.6. The molecule has 10 nitrogen and oxygen atoms in total. The molecular formula is C31H44N8O2. The fraction of sp³-hybridized carbons (Fsp3) is 0.613. The average Bonchev–Trinajstić information content (AvgIpc) is 3.58. The molecule has 0 saturated heterocycles. The van der Waals surface area contributed by atoms with Gasteiger partial charge in [-0.1, -0.05) is 26.8 Å². The lowest BCUT2D eigenvalue weighted by atomic mass is 9.76. The molecule has 0 bridgehead atoms. The molecule has 220 valence electrons. The second kappa shape index (κ2) is 10.6. The number of rotatable bonds is 8. The molecule has 3 aromatic heterocycles. The van der Waals surface area contributed by atoms with Crippen LogP contribution in [0.15, 0.2) is 30.9 Å². The molecular weight excluding hydrogens is 516 g/mol. The van der Waals surface area contributed by atoms with Crippen LogP contribution in [0.1, 0.15) is 77.7 Å². The van der Waals surface area contributed by atoms with Crippen molar-refractivity contribution in [3.8, 4) is 0 Å². The number of nitrogens with one attached hydrogen (secondary N) is 1. The van der Waals surface area contributed by atoms with E-state index >= 15 is 0 Å². The molecule has 4 atom stereocenters. The van der Waals surface area contributed by atoms with Gasteiger partial charge in [-0.2, -0.15) is 0 Å². The number of aliphatic hydroxyl groups is 2. The molecule has 2 fully saturated rings. The molecule has 10 heteroatoms. The van der Waals surface area contributed by atoms with Gasteiger partial charge in [-0.05, 0) is 68.6 Å². The first-order valence-electron chi connectivity index (χ1n) is 15.0. The highest BCUT2D eigenvalue weighted by molar-refractivity contribution is 5.81. The molecule has 1 aromatic carbocycles. The summed E-state index contributed by atoms with van der Waals surface area (Å²) in [5.41, 5.74) is 10.7. The summed E-state index contributed by atoms with van der Waals surface area (Å²) in [4.78, 5) is 23.7. The van der Waals surface area contributed by atoms with Crippen LogP contribution >= 0.6 is 0 Å². The molecule has 0 radical (unpaired) electrons. The first-order chi connectivity index (χ1) is 19.5. The number of hydrogen-bond acceptors (Lipinski definition) is 8. The van der Waals surface area contributed by atoms with Crippen molar-refractivity contribution in [3.05, 3.63) is 42.2 Å². The summed E-state index contributed by atoms with van der Waals surface area (Å²) in [6.07, 6.45) is 6.42. The minimum absolute atomic E-state index is 0.0402. The van der Waals surface area contributed by atoms with E-state index < -0.39 is 12.2 Å². The molecule has 0 aliphatic heterocycles. The van der Waals surface area contributed by atoms with Gasteiger partial charge in [-0.15, -0.1) is 0 Å². The van der Waals surface area contributed by atoms with E-state index in [-0.39, 0.29) is 17.4 Å². The van der Waals surface area contributed by atoms with Gasteiger partial charge in [-0.3, -0.25) is 4.90 Å². The quantitative estimate of drug-likeness (QED) is 0.253. The van der Waals surface area contributed by atoms with Crippen molar-refractivity contribution in [1.82, 2.24) is 34.4 Å². The molecule has 5 N–H and O–H groups in total. The monoisotopic (exact) mass is 560 g/mol. The average molecular weight is 561 g/mol. The third-order valence-electron chi connectivity index (χ3n) is 9.49. The van der Waals surface area contributed by atoms with Crippen molar-refractivity contribution < 1.29 is 10.2 Å². The van der Waals surface area contributed by atoms with Crippen LogP contribution in [0, 0.1) is 11.8 Å². The van der Waals surface area contributed by atoms with Crippen LogP contribution < -0.4 is 5.73 Å².